The van der Waals surface area contributed by atoms with E-state index in [4.69, 9.17) is 29.7 Å². The predicted molar refractivity (Wildman–Crippen MR) is 46.5 cm³/mol. The number of hydrogen-bond acceptors (Lipinski definition) is 6. The fourth-order valence-electron chi connectivity index (χ4n) is 0. The number of carboxylic acid groups (broad SMARTS) is 3. The van der Waals surface area contributed by atoms with Crippen LogP contribution in [0.2, 0.25) is 0 Å². The molecule has 0 aliphatic rings. The molecule has 0 heterocycles. The Kier molecular flexibility index (Phi) is 146. The number of carbonyl (C=O) groups is 3. The van der Waals surface area contributed by atoms with Crippen LogP contribution in [0.3, 0.4) is 0 Å². The van der Waals surface area contributed by atoms with E-state index in [2.05, 4.69) is 0 Å². The third-order valence-corrected chi connectivity index (χ3v) is 0. The summed E-state index contributed by atoms with van der Waals surface area (Å²) in [5, 5.41) is 26.7. The molecular formula is C6H17LaO10. The fourth-order valence-corrected chi connectivity index (χ4v) is 0. The molecule has 0 unspecified atom stereocenters. The summed E-state index contributed by atoms with van der Waals surface area (Å²) < 4.78 is 0. The molecule has 0 aliphatic carbocycles. The molecule has 0 bridgehead atoms. The van der Waals surface area contributed by atoms with Gasteiger partial charge in [0.15, 0.2) is 0 Å². The summed E-state index contributed by atoms with van der Waals surface area (Å²) in [5.74, 6) is -3.25. The molecule has 0 radical (unpaired) electrons. The van der Waals surface area contributed by atoms with Gasteiger partial charge < -0.3 is 51.6 Å². The van der Waals surface area contributed by atoms with Crippen molar-refractivity contribution in [1.29, 1.82) is 0 Å². The molecular weight excluding hydrogens is 371 g/mol. The van der Waals surface area contributed by atoms with E-state index < -0.39 is 17.9 Å². The van der Waals surface area contributed by atoms with Gasteiger partial charge in [0.05, 0.1) is 0 Å². The summed E-state index contributed by atoms with van der Waals surface area (Å²) in [5.41, 5.74) is 0. The molecule has 0 rings (SSSR count). The second kappa shape index (κ2) is 45.2. The number of hydrogen-bond donors (Lipinski definition) is 0. The van der Waals surface area contributed by atoms with Gasteiger partial charge in [-0.05, 0) is 20.8 Å². The molecule has 8 N–H and O–H groups in total. The van der Waals surface area contributed by atoms with Crippen molar-refractivity contribution in [2.45, 2.75) is 20.8 Å². The van der Waals surface area contributed by atoms with Crippen molar-refractivity contribution in [1.82, 2.24) is 0 Å². The molecule has 0 fully saturated rings. The minimum Gasteiger partial charge on any atom is -0.550 e. The van der Waals surface area contributed by atoms with Gasteiger partial charge in [-0.2, -0.15) is 0 Å². The minimum absolute atomic E-state index is 0. The Morgan fingerprint density at radius 3 is 0.588 bits per heavy atom. The van der Waals surface area contributed by atoms with E-state index >= 15 is 0 Å². The first-order valence-electron chi connectivity index (χ1n) is 2.72. The Morgan fingerprint density at radius 2 is 0.588 bits per heavy atom. The average Bonchev–Trinajstić information content (AvgIpc) is 1.54. The monoisotopic (exact) mass is 388 g/mol. The largest absolute Gasteiger partial charge is 3.00 e. The Bertz CT molecular complexity index is 118. The van der Waals surface area contributed by atoms with Gasteiger partial charge in [-0.15, -0.1) is 0 Å². The third-order valence-electron chi connectivity index (χ3n) is 0. The standard InChI is InChI=1S/3C2H4O2.La.4H2O/c3*1-2(3)4;;;;;/h3*1H3,(H,3,4);;4*1H2/q;;;+3;;;;/p-3. The summed E-state index contributed by atoms with van der Waals surface area (Å²) in [6, 6.07) is 0. The molecule has 0 saturated heterocycles. The van der Waals surface area contributed by atoms with E-state index in [1.807, 2.05) is 0 Å². The van der Waals surface area contributed by atoms with Crippen molar-refractivity contribution >= 4 is 17.9 Å². The van der Waals surface area contributed by atoms with Gasteiger partial charge in [0, 0.05) is 17.9 Å². The maximum atomic E-state index is 8.89. The Labute approximate surface area is 125 Å². The van der Waals surface area contributed by atoms with Crippen LogP contribution in [0.5, 0.6) is 0 Å². The summed E-state index contributed by atoms with van der Waals surface area (Å²) in [7, 11) is 0. The van der Waals surface area contributed by atoms with Gasteiger partial charge in [-0.1, -0.05) is 0 Å². The summed E-state index contributed by atoms with van der Waals surface area (Å²) in [4.78, 5) is 26.7. The molecule has 17 heavy (non-hydrogen) atoms. The third kappa shape index (κ3) is 9060. The van der Waals surface area contributed by atoms with Crippen molar-refractivity contribution < 1.29 is 87.2 Å². The topological polar surface area (TPSA) is 246 Å². The molecule has 0 aromatic rings. The molecule has 11 heteroatoms. The van der Waals surface area contributed by atoms with Crippen LogP contribution in [0.1, 0.15) is 20.8 Å². The van der Waals surface area contributed by atoms with Crippen molar-refractivity contribution in [3.8, 4) is 0 Å². The fraction of sp³-hybridized carbons (Fsp3) is 0.500. The molecule has 0 aromatic carbocycles. The molecule has 0 atom stereocenters. The smallest absolute Gasteiger partial charge is 0.550 e. The SMILES string of the molecule is CC(=O)[O-].CC(=O)[O-].CC(=O)[O-].O.O.O.O.[La+3]. The predicted octanol–water partition coefficient (Wildman–Crippen LogP) is -7.03. The first-order chi connectivity index (χ1) is 5.20. The van der Waals surface area contributed by atoms with Crippen LogP contribution in [-0.2, 0) is 14.4 Å². The summed E-state index contributed by atoms with van der Waals surface area (Å²) >= 11 is 0. The first-order valence-corrected chi connectivity index (χ1v) is 2.72. The van der Waals surface area contributed by atoms with Crippen LogP contribution in [0.25, 0.3) is 0 Å². The van der Waals surface area contributed by atoms with Gasteiger partial charge in [0.2, 0.25) is 0 Å². The van der Waals surface area contributed by atoms with Crippen molar-refractivity contribution in [2.24, 2.45) is 0 Å². The molecule has 0 aliphatic heterocycles. The van der Waals surface area contributed by atoms with Gasteiger partial charge in [-0.3, -0.25) is 0 Å². The zero-order valence-corrected chi connectivity index (χ0v) is 13.2. The van der Waals surface area contributed by atoms with Crippen LogP contribution < -0.4 is 15.3 Å². The van der Waals surface area contributed by atoms with Gasteiger partial charge in [0.1, 0.15) is 0 Å². The second-order valence-corrected chi connectivity index (χ2v) is 1.47. The van der Waals surface area contributed by atoms with Gasteiger partial charge in [0.25, 0.3) is 0 Å². The zero-order valence-electron chi connectivity index (χ0n) is 9.53. The van der Waals surface area contributed by atoms with E-state index in [-0.39, 0.29) is 57.5 Å². The molecule has 0 amide bonds. The molecule has 0 aromatic heterocycles. The van der Waals surface area contributed by atoms with E-state index in [0.29, 0.717) is 0 Å². The molecule has 10 nitrogen and oxygen atoms in total. The van der Waals surface area contributed by atoms with E-state index in [9.17, 15) is 0 Å². The number of rotatable bonds is 0. The Balaban J connectivity index is -0.0000000104. The molecule has 104 valence electrons. The van der Waals surface area contributed by atoms with E-state index in [1.54, 1.807) is 0 Å². The summed E-state index contributed by atoms with van der Waals surface area (Å²) in [6.45, 7) is 2.92. The molecule has 0 spiro atoms. The maximum Gasteiger partial charge on any atom is 3.00 e. The number of aliphatic carboxylic acids is 3. The first kappa shape index (κ1) is 55.0. The van der Waals surface area contributed by atoms with Crippen LogP contribution in [0.15, 0.2) is 0 Å². The minimum atomic E-state index is -1.08. The average molecular weight is 388 g/mol. The number of carboxylic acids is 3. The Morgan fingerprint density at radius 1 is 0.588 bits per heavy atom. The Hall–Kier alpha value is -0.555. The molecule has 0 saturated carbocycles. The van der Waals surface area contributed by atoms with Crippen molar-refractivity contribution in [2.75, 3.05) is 0 Å². The van der Waals surface area contributed by atoms with E-state index in [0.717, 1.165) is 20.8 Å². The number of carbonyl (C=O) groups excluding carboxylic acids is 3. The van der Waals surface area contributed by atoms with Crippen LogP contribution in [0, 0.1) is 35.6 Å². The van der Waals surface area contributed by atoms with Crippen molar-refractivity contribution in [3.05, 3.63) is 0 Å². The normalized spacial score (nSPS) is 4.41. The zero-order chi connectivity index (χ0) is 10.7. The maximum absolute atomic E-state index is 8.89. The van der Waals surface area contributed by atoms with Crippen LogP contribution in [-0.4, -0.2) is 39.8 Å². The van der Waals surface area contributed by atoms with E-state index in [1.165, 1.54) is 0 Å². The quantitative estimate of drug-likeness (QED) is 0.389. The van der Waals surface area contributed by atoms with Gasteiger partial charge in [-0.25, -0.2) is 0 Å². The van der Waals surface area contributed by atoms with Crippen LogP contribution >= 0.6 is 0 Å². The summed E-state index contributed by atoms with van der Waals surface area (Å²) in [6.07, 6.45) is 0. The van der Waals surface area contributed by atoms with Gasteiger partial charge >= 0.3 is 35.6 Å². The second-order valence-electron chi connectivity index (χ2n) is 1.47. The van der Waals surface area contributed by atoms with Crippen molar-refractivity contribution in [3.63, 3.8) is 0 Å². The van der Waals surface area contributed by atoms with Crippen LogP contribution in [0.4, 0.5) is 0 Å².